The van der Waals surface area contributed by atoms with Gasteiger partial charge < -0.3 is 5.73 Å². The summed E-state index contributed by atoms with van der Waals surface area (Å²) in [5, 5.41) is 4.51. The first kappa shape index (κ1) is 11.6. The maximum atomic E-state index is 5.77. The average molecular weight is 221 g/mol. The predicted molar refractivity (Wildman–Crippen MR) is 66.4 cm³/mol. The van der Waals surface area contributed by atoms with Crippen LogP contribution in [0.1, 0.15) is 57.1 Å². The molecule has 90 valence electrons. The molecule has 3 nitrogen and oxygen atoms in total. The average Bonchev–Trinajstić information content (AvgIpc) is 2.78. The Hall–Kier alpha value is -0.830. The lowest BCUT2D eigenvalue weighted by molar-refractivity contribution is 0.257. The van der Waals surface area contributed by atoms with Crippen LogP contribution < -0.4 is 5.73 Å². The van der Waals surface area contributed by atoms with Gasteiger partial charge in [-0.05, 0) is 43.2 Å². The van der Waals surface area contributed by atoms with E-state index in [2.05, 4.69) is 29.8 Å². The fraction of sp³-hybridized carbons (Fsp3) is 0.769. The molecule has 0 amide bonds. The maximum absolute atomic E-state index is 5.77. The molecule has 1 aliphatic rings. The van der Waals surface area contributed by atoms with Crippen molar-refractivity contribution >= 4 is 0 Å². The Bertz CT molecular complexity index is 330. The summed E-state index contributed by atoms with van der Waals surface area (Å²) in [4.78, 5) is 0. The third kappa shape index (κ3) is 2.46. The lowest BCUT2D eigenvalue weighted by Gasteiger charge is -2.28. The quantitative estimate of drug-likeness (QED) is 0.853. The summed E-state index contributed by atoms with van der Waals surface area (Å²) in [6.45, 7) is 5.25. The van der Waals surface area contributed by atoms with Gasteiger partial charge in [-0.3, -0.25) is 4.68 Å². The SMILES string of the molecule is CC(C)c1cnn(C2CCCC(CN)C2)c1. The highest BCUT2D eigenvalue weighted by Gasteiger charge is 2.22. The summed E-state index contributed by atoms with van der Waals surface area (Å²) in [6, 6.07) is 0.579. The molecule has 1 aromatic heterocycles. The third-order valence-electron chi connectivity index (χ3n) is 3.75. The van der Waals surface area contributed by atoms with Crippen LogP contribution in [0.25, 0.3) is 0 Å². The van der Waals surface area contributed by atoms with Gasteiger partial charge in [0.2, 0.25) is 0 Å². The molecule has 0 radical (unpaired) electrons. The van der Waals surface area contributed by atoms with Gasteiger partial charge in [-0.1, -0.05) is 20.3 Å². The molecule has 2 unspecified atom stereocenters. The fourth-order valence-corrected chi connectivity index (χ4v) is 2.57. The Morgan fingerprint density at radius 2 is 2.31 bits per heavy atom. The van der Waals surface area contributed by atoms with E-state index in [4.69, 9.17) is 5.73 Å². The van der Waals surface area contributed by atoms with Gasteiger partial charge in [0.05, 0.1) is 12.2 Å². The van der Waals surface area contributed by atoms with Gasteiger partial charge in [0, 0.05) is 6.20 Å². The van der Waals surface area contributed by atoms with Crippen molar-refractivity contribution in [3.8, 4) is 0 Å². The van der Waals surface area contributed by atoms with E-state index in [-0.39, 0.29) is 0 Å². The summed E-state index contributed by atoms with van der Waals surface area (Å²) in [5.41, 5.74) is 7.11. The Kier molecular flexibility index (Phi) is 3.64. The highest BCUT2D eigenvalue weighted by Crippen LogP contribution is 2.32. The lowest BCUT2D eigenvalue weighted by Crippen LogP contribution is -2.24. The van der Waals surface area contributed by atoms with Crippen LogP contribution in [0.2, 0.25) is 0 Å². The molecule has 0 aliphatic heterocycles. The van der Waals surface area contributed by atoms with Crippen LogP contribution in [0.3, 0.4) is 0 Å². The molecular formula is C13H23N3. The molecule has 2 N–H and O–H groups in total. The van der Waals surface area contributed by atoms with Crippen molar-refractivity contribution < 1.29 is 0 Å². The monoisotopic (exact) mass is 221 g/mol. The van der Waals surface area contributed by atoms with Crippen LogP contribution in [0.15, 0.2) is 12.4 Å². The van der Waals surface area contributed by atoms with Crippen LogP contribution in [0.4, 0.5) is 0 Å². The van der Waals surface area contributed by atoms with Crippen molar-refractivity contribution in [2.24, 2.45) is 11.7 Å². The van der Waals surface area contributed by atoms with E-state index in [9.17, 15) is 0 Å². The van der Waals surface area contributed by atoms with E-state index in [1.54, 1.807) is 0 Å². The molecule has 2 atom stereocenters. The van der Waals surface area contributed by atoms with Gasteiger partial charge in [-0.15, -0.1) is 0 Å². The molecule has 1 heterocycles. The minimum atomic E-state index is 0.572. The lowest BCUT2D eigenvalue weighted by atomic mass is 9.86. The van der Waals surface area contributed by atoms with Gasteiger partial charge in [0.1, 0.15) is 0 Å². The summed E-state index contributed by atoms with van der Waals surface area (Å²) < 4.78 is 2.16. The van der Waals surface area contributed by atoms with Crippen LogP contribution >= 0.6 is 0 Å². The standard InChI is InChI=1S/C13H23N3/c1-10(2)12-8-15-16(9-12)13-5-3-4-11(6-13)7-14/h8-11,13H,3-7,14H2,1-2H3. The van der Waals surface area contributed by atoms with Gasteiger partial charge in [0.25, 0.3) is 0 Å². The summed E-state index contributed by atoms with van der Waals surface area (Å²) in [6.07, 6.45) is 9.28. The molecule has 2 rings (SSSR count). The third-order valence-corrected chi connectivity index (χ3v) is 3.75. The Morgan fingerprint density at radius 3 is 2.94 bits per heavy atom. The zero-order valence-corrected chi connectivity index (χ0v) is 10.4. The molecule has 1 aromatic rings. The van der Waals surface area contributed by atoms with Crippen molar-refractivity contribution in [2.45, 2.75) is 51.5 Å². The minimum Gasteiger partial charge on any atom is -0.330 e. The first-order chi connectivity index (χ1) is 7.70. The molecule has 3 heteroatoms. The van der Waals surface area contributed by atoms with E-state index in [1.165, 1.54) is 31.2 Å². The van der Waals surface area contributed by atoms with Crippen LogP contribution in [0.5, 0.6) is 0 Å². The molecule has 0 bridgehead atoms. The second-order valence-electron chi connectivity index (χ2n) is 5.33. The van der Waals surface area contributed by atoms with Crippen molar-refractivity contribution in [3.05, 3.63) is 18.0 Å². The number of aromatic nitrogens is 2. The number of hydrogen-bond donors (Lipinski definition) is 1. The maximum Gasteiger partial charge on any atom is 0.0524 e. The van der Waals surface area contributed by atoms with Crippen molar-refractivity contribution in [1.82, 2.24) is 9.78 Å². The van der Waals surface area contributed by atoms with E-state index >= 15 is 0 Å². The molecular weight excluding hydrogens is 198 g/mol. The van der Waals surface area contributed by atoms with Gasteiger partial charge in [-0.2, -0.15) is 5.10 Å². The van der Waals surface area contributed by atoms with Crippen LogP contribution in [0, 0.1) is 5.92 Å². The molecule has 1 fully saturated rings. The van der Waals surface area contributed by atoms with Gasteiger partial charge in [-0.25, -0.2) is 0 Å². The van der Waals surface area contributed by atoms with E-state index in [1.807, 2.05) is 6.20 Å². The normalized spacial score (nSPS) is 26.2. The summed E-state index contributed by atoms with van der Waals surface area (Å²) >= 11 is 0. The molecule has 0 aromatic carbocycles. The summed E-state index contributed by atoms with van der Waals surface area (Å²) in [5.74, 6) is 1.27. The van der Waals surface area contributed by atoms with Crippen LogP contribution in [-0.2, 0) is 0 Å². The predicted octanol–water partition coefficient (Wildman–Crippen LogP) is 2.70. The Labute approximate surface area is 98.0 Å². The van der Waals surface area contributed by atoms with Crippen molar-refractivity contribution in [3.63, 3.8) is 0 Å². The summed E-state index contributed by atoms with van der Waals surface area (Å²) in [7, 11) is 0. The number of nitrogens with two attached hydrogens (primary N) is 1. The Balaban J connectivity index is 2.05. The first-order valence-electron chi connectivity index (χ1n) is 6.44. The second-order valence-corrected chi connectivity index (χ2v) is 5.33. The van der Waals surface area contributed by atoms with E-state index in [0.29, 0.717) is 17.9 Å². The molecule has 0 spiro atoms. The van der Waals surface area contributed by atoms with E-state index in [0.717, 1.165) is 6.54 Å². The van der Waals surface area contributed by atoms with Crippen LogP contribution in [-0.4, -0.2) is 16.3 Å². The zero-order valence-electron chi connectivity index (χ0n) is 10.4. The second kappa shape index (κ2) is 5.00. The number of nitrogens with zero attached hydrogens (tertiary/aromatic N) is 2. The van der Waals surface area contributed by atoms with E-state index < -0.39 is 0 Å². The Morgan fingerprint density at radius 1 is 1.50 bits per heavy atom. The highest BCUT2D eigenvalue weighted by molar-refractivity contribution is 5.09. The smallest absolute Gasteiger partial charge is 0.0524 e. The molecule has 0 saturated heterocycles. The number of hydrogen-bond acceptors (Lipinski definition) is 2. The van der Waals surface area contributed by atoms with Crippen molar-refractivity contribution in [1.29, 1.82) is 0 Å². The fourth-order valence-electron chi connectivity index (χ4n) is 2.57. The topological polar surface area (TPSA) is 43.8 Å². The minimum absolute atomic E-state index is 0.572. The molecule has 1 saturated carbocycles. The highest BCUT2D eigenvalue weighted by atomic mass is 15.3. The first-order valence-corrected chi connectivity index (χ1v) is 6.44. The zero-order chi connectivity index (χ0) is 11.5. The van der Waals surface area contributed by atoms with Gasteiger partial charge in [0.15, 0.2) is 0 Å². The largest absolute Gasteiger partial charge is 0.330 e. The molecule has 1 aliphatic carbocycles. The number of rotatable bonds is 3. The molecule has 16 heavy (non-hydrogen) atoms. The van der Waals surface area contributed by atoms with Crippen molar-refractivity contribution in [2.75, 3.05) is 6.54 Å². The van der Waals surface area contributed by atoms with Gasteiger partial charge >= 0.3 is 0 Å².